The summed E-state index contributed by atoms with van der Waals surface area (Å²) in [6, 6.07) is 6.90. The molecule has 0 bridgehead atoms. The lowest BCUT2D eigenvalue weighted by atomic mass is 10.1. The molecule has 7 heteroatoms. The molecule has 0 aliphatic carbocycles. The lowest BCUT2D eigenvalue weighted by Gasteiger charge is -2.21. The highest BCUT2D eigenvalue weighted by molar-refractivity contribution is 5.97. The van der Waals surface area contributed by atoms with Crippen LogP contribution in [0.5, 0.6) is 0 Å². The van der Waals surface area contributed by atoms with Gasteiger partial charge in [-0.05, 0) is 45.4 Å². The van der Waals surface area contributed by atoms with Gasteiger partial charge in [0.15, 0.2) is 0 Å². The van der Waals surface area contributed by atoms with Crippen molar-refractivity contribution in [3.63, 3.8) is 0 Å². The van der Waals surface area contributed by atoms with E-state index in [1.807, 2.05) is 26.8 Å². The standard InChI is InChI=1S/C24H33N5O2/c1-5-6-7-8-9-11-15-29-20(25)17(22(30)27-24(2,3)4)16-18-21(29)26-19-13-10-12-14-28(19)23(18)31/h10,12-14,16,25H,5-9,11,15H2,1-4H3,(H,27,30). The minimum atomic E-state index is -0.445. The Balaban J connectivity index is 2.10. The van der Waals surface area contributed by atoms with E-state index < -0.39 is 5.54 Å². The van der Waals surface area contributed by atoms with E-state index in [0.717, 1.165) is 19.3 Å². The highest BCUT2D eigenvalue weighted by Gasteiger charge is 2.20. The molecule has 0 saturated heterocycles. The third kappa shape index (κ3) is 5.21. The number of hydrogen-bond donors (Lipinski definition) is 2. The molecule has 0 aliphatic heterocycles. The first-order valence-electron chi connectivity index (χ1n) is 11.1. The van der Waals surface area contributed by atoms with Crippen molar-refractivity contribution in [3.8, 4) is 0 Å². The van der Waals surface area contributed by atoms with E-state index in [0.29, 0.717) is 23.2 Å². The first-order chi connectivity index (χ1) is 14.7. The van der Waals surface area contributed by atoms with Gasteiger partial charge in [-0.3, -0.25) is 19.4 Å². The molecule has 0 radical (unpaired) electrons. The van der Waals surface area contributed by atoms with Crippen molar-refractivity contribution < 1.29 is 4.79 Å². The van der Waals surface area contributed by atoms with Gasteiger partial charge in [0.25, 0.3) is 11.5 Å². The smallest absolute Gasteiger partial charge is 0.267 e. The number of nitrogens with zero attached hydrogens (tertiary/aromatic N) is 3. The Morgan fingerprint density at radius 1 is 1.13 bits per heavy atom. The van der Waals surface area contributed by atoms with Crippen LogP contribution in [0.25, 0.3) is 16.7 Å². The van der Waals surface area contributed by atoms with E-state index in [1.165, 1.54) is 29.7 Å². The number of hydrogen-bond acceptors (Lipinski definition) is 4. The summed E-state index contributed by atoms with van der Waals surface area (Å²) in [5.41, 5.74) is 0.601. The van der Waals surface area contributed by atoms with Gasteiger partial charge in [0.1, 0.15) is 16.8 Å². The predicted octanol–water partition coefficient (Wildman–Crippen LogP) is 4.02. The van der Waals surface area contributed by atoms with Crippen molar-refractivity contribution in [3.05, 3.63) is 51.9 Å². The number of fused-ring (bicyclic) bond motifs is 2. The fourth-order valence-electron chi connectivity index (χ4n) is 3.74. The Morgan fingerprint density at radius 2 is 1.84 bits per heavy atom. The van der Waals surface area contributed by atoms with Gasteiger partial charge in [-0.2, -0.15) is 0 Å². The van der Waals surface area contributed by atoms with E-state index in [4.69, 9.17) is 5.41 Å². The van der Waals surface area contributed by atoms with Crippen LogP contribution in [0.15, 0.2) is 35.3 Å². The molecule has 0 unspecified atom stereocenters. The minimum Gasteiger partial charge on any atom is -0.347 e. The molecular formula is C24H33N5O2. The molecule has 0 saturated carbocycles. The second kappa shape index (κ2) is 9.45. The minimum absolute atomic E-state index is 0.0926. The third-order valence-corrected chi connectivity index (χ3v) is 5.29. The van der Waals surface area contributed by atoms with Crippen LogP contribution in [0.2, 0.25) is 0 Å². The number of aryl methyl sites for hydroxylation is 1. The highest BCUT2D eigenvalue weighted by atomic mass is 16.2. The quantitative estimate of drug-likeness (QED) is 0.423. The van der Waals surface area contributed by atoms with Gasteiger partial charge in [-0.15, -0.1) is 0 Å². The summed E-state index contributed by atoms with van der Waals surface area (Å²) < 4.78 is 3.20. The molecular weight excluding hydrogens is 390 g/mol. The molecule has 31 heavy (non-hydrogen) atoms. The summed E-state index contributed by atoms with van der Waals surface area (Å²) in [6.07, 6.45) is 8.35. The average molecular weight is 424 g/mol. The van der Waals surface area contributed by atoms with Crippen molar-refractivity contribution in [2.24, 2.45) is 0 Å². The molecule has 0 spiro atoms. The zero-order chi connectivity index (χ0) is 22.6. The lowest BCUT2D eigenvalue weighted by Crippen LogP contribution is -2.43. The van der Waals surface area contributed by atoms with Crippen molar-refractivity contribution >= 4 is 22.6 Å². The Bertz CT molecular complexity index is 1200. The molecule has 0 aromatic carbocycles. The molecule has 2 N–H and O–H groups in total. The summed E-state index contributed by atoms with van der Waals surface area (Å²) in [5.74, 6) is -0.353. The molecule has 1 amide bonds. The van der Waals surface area contributed by atoms with E-state index in [1.54, 1.807) is 22.9 Å². The summed E-state index contributed by atoms with van der Waals surface area (Å²) in [7, 11) is 0. The number of rotatable bonds is 8. The maximum absolute atomic E-state index is 13.2. The second-order valence-electron chi connectivity index (χ2n) is 9.11. The average Bonchev–Trinajstić information content (AvgIpc) is 2.70. The van der Waals surface area contributed by atoms with Gasteiger partial charge >= 0.3 is 0 Å². The normalized spacial score (nSPS) is 11.9. The molecule has 0 atom stereocenters. The highest BCUT2D eigenvalue weighted by Crippen LogP contribution is 2.13. The van der Waals surface area contributed by atoms with Crippen LogP contribution in [0.4, 0.5) is 0 Å². The van der Waals surface area contributed by atoms with E-state index in [9.17, 15) is 9.59 Å². The maximum atomic E-state index is 13.2. The van der Waals surface area contributed by atoms with Crippen LogP contribution in [-0.4, -0.2) is 25.4 Å². The van der Waals surface area contributed by atoms with Crippen LogP contribution >= 0.6 is 0 Å². The van der Waals surface area contributed by atoms with E-state index in [-0.39, 0.29) is 22.5 Å². The van der Waals surface area contributed by atoms with E-state index in [2.05, 4.69) is 17.2 Å². The van der Waals surface area contributed by atoms with Gasteiger partial charge in [-0.25, -0.2) is 4.98 Å². The number of aromatic nitrogens is 3. The second-order valence-corrected chi connectivity index (χ2v) is 9.11. The number of carbonyl (C=O) groups excluding carboxylic acids is 1. The fourth-order valence-corrected chi connectivity index (χ4v) is 3.74. The van der Waals surface area contributed by atoms with E-state index >= 15 is 0 Å². The third-order valence-electron chi connectivity index (χ3n) is 5.29. The van der Waals surface area contributed by atoms with Crippen LogP contribution in [0.3, 0.4) is 0 Å². The Labute approximate surface area is 182 Å². The van der Waals surface area contributed by atoms with Crippen molar-refractivity contribution in [2.75, 3.05) is 0 Å². The Hall–Kier alpha value is -2.96. The van der Waals surface area contributed by atoms with Crippen molar-refractivity contribution in [1.82, 2.24) is 19.3 Å². The Kier molecular flexibility index (Phi) is 6.93. The predicted molar refractivity (Wildman–Crippen MR) is 123 cm³/mol. The fraction of sp³-hybridized carbons (Fsp3) is 0.500. The number of pyridine rings is 2. The lowest BCUT2D eigenvalue weighted by molar-refractivity contribution is 0.0917. The van der Waals surface area contributed by atoms with Gasteiger partial charge < -0.3 is 9.88 Å². The van der Waals surface area contributed by atoms with Gasteiger partial charge in [0.2, 0.25) is 0 Å². The summed E-state index contributed by atoms with van der Waals surface area (Å²) in [5, 5.41) is 12.0. The largest absolute Gasteiger partial charge is 0.347 e. The molecule has 3 rings (SSSR count). The summed E-state index contributed by atoms with van der Waals surface area (Å²) >= 11 is 0. The van der Waals surface area contributed by atoms with Gasteiger partial charge in [0, 0.05) is 18.3 Å². The van der Waals surface area contributed by atoms with Gasteiger partial charge in [-0.1, -0.05) is 45.1 Å². The molecule has 0 aliphatic rings. The summed E-state index contributed by atoms with van der Waals surface area (Å²) in [4.78, 5) is 30.8. The van der Waals surface area contributed by atoms with Crippen LogP contribution < -0.4 is 16.4 Å². The van der Waals surface area contributed by atoms with Crippen molar-refractivity contribution in [1.29, 1.82) is 5.41 Å². The first-order valence-corrected chi connectivity index (χ1v) is 11.1. The molecule has 0 fully saturated rings. The molecule has 7 nitrogen and oxygen atoms in total. The SMILES string of the molecule is CCCCCCCCn1c(=N)c(C(=O)NC(C)(C)C)cc2c(=O)n3ccccc3nc21. The van der Waals surface area contributed by atoms with Crippen LogP contribution in [0.1, 0.15) is 76.6 Å². The maximum Gasteiger partial charge on any atom is 0.267 e. The molecule has 3 heterocycles. The number of unbranched alkanes of at least 4 members (excludes halogenated alkanes) is 5. The molecule has 3 aromatic heterocycles. The number of carbonyl (C=O) groups is 1. The topological polar surface area (TPSA) is 92.2 Å². The summed E-state index contributed by atoms with van der Waals surface area (Å²) in [6.45, 7) is 8.42. The van der Waals surface area contributed by atoms with Crippen LogP contribution in [0, 0.1) is 5.41 Å². The molecule has 3 aromatic rings. The number of amides is 1. The first kappa shape index (κ1) is 22.7. The van der Waals surface area contributed by atoms with Crippen LogP contribution in [-0.2, 0) is 6.54 Å². The monoisotopic (exact) mass is 423 g/mol. The zero-order valence-corrected chi connectivity index (χ0v) is 19.0. The number of nitrogens with one attached hydrogen (secondary N) is 2. The van der Waals surface area contributed by atoms with Crippen molar-refractivity contribution in [2.45, 2.75) is 78.3 Å². The van der Waals surface area contributed by atoms with Gasteiger partial charge in [0.05, 0.1) is 10.9 Å². The zero-order valence-electron chi connectivity index (χ0n) is 19.0. The Morgan fingerprint density at radius 3 is 2.55 bits per heavy atom. The molecule has 166 valence electrons.